The number of aromatic nitrogens is 3. The zero-order chi connectivity index (χ0) is 20.2. The minimum atomic E-state index is -0.257. The molecule has 0 aliphatic rings. The first-order chi connectivity index (χ1) is 14.1. The Morgan fingerprint density at radius 3 is 2.52 bits per heavy atom. The molecule has 4 rings (SSSR count). The molecule has 0 fully saturated rings. The van der Waals surface area contributed by atoms with Gasteiger partial charge < -0.3 is 4.74 Å². The third-order valence-electron chi connectivity index (χ3n) is 4.37. The van der Waals surface area contributed by atoms with E-state index in [1.807, 2.05) is 73.8 Å². The molecule has 2 heterocycles. The molecule has 2 aromatic heterocycles. The molecule has 0 saturated carbocycles. The summed E-state index contributed by atoms with van der Waals surface area (Å²) < 4.78 is 7.61. The van der Waals surface area contributed by atoms with Crippen LogP contribution in [0.4, 0.5) is 5.13 Å². The third kappa shape index (κ3) is 4.35. The predicted molar refractivity (Wildman–Crippen MR) is 115 cm³/mol. The first kappa shape index (κ1) is 18.9. The Kier molecular flexibility index (Phi) is 5.39. The van der Waals surface area contributed by atoms with Crippen LogP contribution >= 0.6 is 11.3 Å². The minimum Gasteiger partial charge on any atom is -0.457 e. The van der Waals surface area contributed by atoms with Crippen molar-refractivity contribution in [3.05, 3.63) is 77.4 Å². The molecule has 29 heavy (non-hydrogen) atoms. The predicted octanol–water partition coefficient (Wildman–Crippen LogP) is 5.38. The van der Waals surface area contributed by atoms with Gasteiger partial charge in [-0.15, -0.1) is 11.3 Å². The van der Waals surface area contributed by atoms with Gasteiger partial charge in [0, 0.05) is 23.2 Å². The van der Waals surface area contributed by atoms with E-state index in [1.165, 1.54) is 11.3 Å². The monoisotopic (exact) mass is 404 g/mol. The van der Waals surface area contributed by atoms with Crippen LogP contribution in [0.1, 0.15) is 23.1 Å². The lowest BCUT2D eigenvalue weighted by Crippen LogP contribution is -2.13. The van der Waals surface area contributed by atoms with E-state index in [-0.39, 0.29) is 5.91 Å². The second-order valence-electron chi connectivity index (χ2n) is 6.42. The number of carbonyl (C=O) groups is 1. The summed E-state index contributed by atoms with van der Waals surface area (Å²) >= 11 is 1.38. The maximum atomic E-state index is 12.4. The van der Waals surface area contributed by atoms with Crippen molar-refractivity contribution in [2.45, 2.75) is 20.4 Å². The van der Waals surface area contributed by atoms with E-state index in [4.69, 9.17) is 4.74 Å². The first-order valence-corrected chi connectivity index (χ1v) is 10.1. The maximum Gasteiger partial charge on any atom is 0.277 e. The Balaban J connectivity index is 1.43. The molecule has 0 aliphatic heterocycles. The van der Waals surface area contributed by atoms with Gasteiger partial charge in [-0.1, -0.05) is 18.2 Å². The van der Waals surface area contributed by atoms with Gasteiger partial charge in [0.15, 0.2) is 10.8 Å². The Hall–Kier alpha value is -3.45. The van der Waals surface area contributed by atoms with Crippen molar-refractivity contribution >= 4 is 22.4 Å². The number of hydrogen-bond acceptors (Lipinski definition) is 5. The average molecular weight is 404 g/mol. The Morgan fingerprint density at radius 2 is 1.83 bits per heavy atom. The van der Waals surface area contributed by atoms with Gasteiger partial charge in [-0.05, 0) is 56.3 Å². The van der Waals surface area contributed by atoms with Crippen LogP contribution in [-0.4, -0.2) is 20.7 Å². The largest absolute Gasteiger partial charge is 0.457 e. The second-order valence-corrected chi connectivity index (χ2v) is 7.28. The van der Waals surface area contributed by atoms with Crippen molar-refractivity contribution < 1.29 is 9.53 Å². The molecular formula is C22H20N4O2S. The number of nitrogens with zero attached hydrogens (tertiary/aromatic N) is 3. The SMILES string of the molecule is CCn1nc(C(=O)Nc2nc(-c3ccc(Oc4ccccc4)cc3)cs2)cc1C. The molecule has 1 amide bonds. The lowest BCUT2D eigenvalue weighted by atomic mass is 10.2. The molecule has 0 aliphatic carbocycles. The standard InChI is InChI=1S/C22H20N4O2S/c1-3-26-15(2)13-19(25-26)21(27)24-22-23-20(14-29-22)16-9-11-18(12-10-16)28-17-7-5-4-6-8-17/h4-14H,3H2,1-2H3,(H,23,24,27). The number of rotatable bonds is 6. The summed E-state index contributed by atoms with van der Waals surface area (Å²) in [6.07, 6.45) is 0. The highest BCUT2D eigenvalue weighted by molar-refractivity contribution is 7.14. The van der Waals surface area contributed by atoms with Gasteiger partial charge in [0.05, 0.1) is 5.69 Å². The van der Waals surface area contributed by atoms with Gasteiger partial charge in [0.25, 0.3) is 5.91 Å². The molecule has 2 aromatic carbocycles. The van der Waals surface area contributed by atoms with Crippen molar-refractivity contribution in [1.82, 2.24) is 14.8 Å². The molecule has 0 saturated heterocycles. The van der Waals surface area contributed by atoms with E-state index >= 15 is 0 Å². The number of benzene rings is 2. The number of nitrogens with one attached hydrogen (secondary N) is 1. The fourth-order valence-electron chi connectivity index (χ4n) is 2.88. The lowest BCUT2D eigenvalue weighted by Gasteiger charge is -2.05. The summed E-state index contributed by atoms with van der Waals surface area (Å²) in [6, 6.07) is 19.1. The normalized spacial score (nSPS) is 10.7. The van der Waals surface area contributed by atoms with Gasteiger partial charge in [-0.25, -0.2) is 4.98 Å². The van der Waals surface area contributed by atoms with Crippen molar-refractivity contribution in [2.24, 2.45) is 0 Å². The average Bonchev–Trinajstić information content (AvgIpc) is 3.36. The second kappa shape index (κ2) is 8.28. The maximum absolute atomic E-state index is 12.4. The van der Waals surface area contributed by atoms with Crippen LogP contribution in [0.3, 0.4) is 0 Å². The van der Waals surface area contributed by atoms with Crippen molar-refractivity contribution in [3.8, 4) is 22.8 Å². The third-order valence-corrected chi connectivity index (χ3v) is 5.12. The zero-order valence-corrected chi connectivity index (χ0v) is 16.9. The molecule has 6 nitrogen and oxygen atoms in total. The lowest BCUT2D eigenvalue weighted by molar-refractivity contribution is 0.102. The fourth-order valence-corrected chi connectivity index (χ4v) is 3.60. The Morgan fingerprint density at radius 1 is 1.10 bits per heavy atom. The van der Waals surface area contributed by atoms with Crippen LogP contribution < -0.4 is 10.1 Å². The molecule has 1 N–H and O–H groups in total. The van der Waals surface area contributed by atoms with Crippen molar-refractivity contribution in [2.75, 3.05) is 5.32 Å². The highest BCUT2D eigenvalue weighted by Gasteiger charge is 2.14. The topological polar surface area (TPSA) is 69.0 Å². The highest BCUT2D eigenvalue weighted by atomic mass is 32.1. The van der Waals surface area contributed by atoms with Gasteiger partial charge >= 0.3 is 0 Å². The smallest absolute Gasteiger partial charge is 0.277 e. The quantitative estimate of drug-likeness (QED) is 0.468. The minimum absolute atomic E-state index is 0.257. The molecule has 4 aromatic rings. The number of amides is 1. The van der Waals surface area contributed by atoms with E-state index in [0.717, 1.165) is 35.0 Å². The van der Waals surface area contributed by atoms with E-state index in [2.05, 4.69) is 15.4 Å². The van der Waals surface area contributed by atoms with Crippen LogP contribution in [0, 0.1) is 6.92 Å². The molecule has 0 spiro atoms. The molecule has 7 heteroatoms. The number of anilines is 1. The van der Waals surface area contributed by atoms with E-state index in [1.54, 1.807) is 10.7 Å². The summed E-state index contributed by atoms with van der Waals surface area (Å²) in [4.78, 5) is 16.9. The van der Waals surface area contributed by atoms with E-state index in [0.29, 0.717) is 10.8 Å². The highest BCUT2D eigenvalue weighted by Crippen LogP contribution is 2.28. The number of hydrogen-bond donors (Lipinski definition) is 1. The van der Waals surface area contributed by atoms with Crippen LogP contribution in [0.25, 0.3) is 11.3 Å². The number of thiazole rings is 1. The summed E-state index contributed by atoms with van der Waals surface area (Å²) in [5, 5.41) is 9.58. The number of aryl methyl sites for hydroxylation is 2. The first-order valence-electron chi connectivity index (χ1n) is 9.27. The zero-order valence-electron chi connectivity index (χ0n) is 16.1. The molecule has 0 bridgehead atoms. The van der Waals surface area contributed by atoms with Gasteiger partial charge in [0.1, 0.15) is 11.5 Å². The Labute approximate surface area is 172 Å². The fraction of sp³-hybridized carbons (Fsp3) is 0.136. The number of para-hydroxylation sites is 1. The van der Waals surface area contributed by atoms with Crippen LogP contribution in [-0.2, 0) is 6.54 Å². The van der Waals surface area contributed by atoms with E-state index in [9.17, 15) is 4.79 Å². The van der Waals surface area contributed by atoms with E-state index < -0.39 is 0 Å². The summed E-state index contributed by atoms with van der Waals surface area (Å²) in [6.45, 7) is 4.65. The molecule has 146 valence electrons. The molecule has 0 unspecified atom stereocenters. The summed E-state index contributed by atoms with van der Waals surface area (Å²) in [5.74, 6) is 1.29. The van der Waals surface area contributed by atoms with Crippen LogP contribution in [0.5, 0.6) is 11.5 Å². The molecule has 0 atom stereocenters. The summed E-state index contributed by atoms with van der Waals surface area (Å²) in [7, 11) is 0. The van der Waals surface area contributed by atoms with Crippen LogP contribution in [0.2, 0.25) is 0 Å². The number of carbonyl (C=O) groups excluding carboxylic acids is 1. The van der Waals surface area contributed by atoms with Crippen molar-refractivity contribution in [1.29, 1.82) is 0 Å². The molecular weight excluding hydrogens is 384 g/mol. The molecule has 0 radical (unpaired) electrons. The van der Waals surface area contributed by atoms with Gasteiger partial charge in [-0.2, -0.15) is 5.10 Å². The Bertz CT molecular complexity index is 1120. The van der Waals surface area contributed by atoms with Crippen molar-refractivity contribution in [3.63, 3.8) is 0 Å². The van der Waals surface area contributed by atoms with Crippen LogP contribution in [0.15, 0.2) is 66.0 Å². The number of ether oxygens (including phenoxy) is 1. The van der Waals surface area contributed by atoms with Gasteiger partial charge in [-0.3, -0.25) is 14.8 Å². The summed E-state index contributed by atoms with van der Waals surface area (Å²) in [5.41, 5.74) is 3.10. The van der Waals surface area contributed by atoms with Gasteiger partial charge in [0.2, 0.25) is 0 Å².